The molecule has 1 saturated carbocycles. The third kappa shape index (κ3) is 4.26. The predicted molar refractivity (Wildman–Crippen MR) is 110 cm³/mol. The van der Waals surface area contributed by atoms with Gasteiger partial charge in [0.15, 0.2) is 0 Å². The molecule has 6 nitrogen and oxygen atoms in total. The number of carbonyl (C=O) groups excluding carboxylic acids is 1. The molecule has 1 N–H and O–H groups in total. The Balaban J connectivity index is 1.31. The molecule has 5 rings (SSSR count). The molecule has 0 spiro atoms. The number of amides is 1. The highest BCUT2D eigenvalue weighted by atomic mass is 19.1. The number of likely N-dealkylation sites (tertiary alicyclic amines) is 1. The van der Waals surface area contributed by atoms with Gasteiger partial charge in [0.2, 0.25) is 5.91 Å². The Morgan fingerprint density at radius 2 is 2.03 bits per heavy atom. The second-order valence-electron chi connectivity index (χ2n) is 8.97. The number of hydrogen-bond acceptors (Lipinski definition) is 4. The van der Waals surface area contributed by atoms with Crippen LogP contribution in [-0.2, 0) is 24.3 Å². The largest absolute Gasteiger partial charge is 0.337 e. The summed E-state index contributed by atoms with van der Waals surface area (Å²) in [4.78, 5) is 36.8. The van der Waals surface area contributed by atoms with E-state index in [0.717, 1.165) is 50.1 Å². The number of fused-ring (bicyclic) bond motifs is 1. The molecule has 1 unspecified atom stereocenters. The fourth-order valence-corrected chi connectivity index (χ4v) is 4.74. The fourth-order valence-electron chi connectivity index (χ4n) is 4.74. The Labute approximate surface area is 179 Å². The van der Waals surface area contributed by atoms with Gasteiger partial charge in [0, 0.05) is 43.5 Å². The minimum atomic E-state index is -0.445. The van der Waals surface area contributed by atoms with E-state index in [4.69, 9.17) is 4.98 Å². The molecule has 1 aromatic heterocycles. The maximum absolute atomic E-state index is 14.0. The Bertz CT molecular complexity index is 1070. The number of carbonyl (C=O) groups is 1. The quantitative estimate of drug-likeness (QED) is 0.813. The zero-order chi connectivity index (χ0) is 21.5. The number of benzene rings is 1. The first kappa shape index (κ1) is 20.3. The van der Waals surface area contributed by atoms with Crippen LogP contribution in [0.2, 0.25) is 0 Å². The lowest BCUT2D eigenvalue weighted by molar-refractivity contribution is -0.133. The van der Waals surface area contributed by atoms with Gasteiger partial charge in [-0.1, -0.05) is 0 Å². The van der Waals surface area contributed by atoms with Gasteiger partial charge in [0.1, 0.15) is 17.5 Å². The highest BCUT2D eigenvalue weighted by Gasteiger charge is 2.36. The molecule has 8 heteroatoms. The first-order valence-electron chi connectivity index (χ1n) is 11.0. The smallest absolute Gasteiger partial charge is 0.256 e. The number of H-pyrrole nitrogens is 1. The second-order valence-corrected chi connectivity index (χ2v) is 8.97. The van der Waals surface area contributed by atoms with Crippen molar-refractivity contribution in [3.8, 4) is 0 Å². The van der Waals surface area contributed by atoms with E-state index < -0.39 is 11.6 Å². The van der Waals surface area contributed by atoms with Crippen LogP contribution in [0.15, 0.2) is 23.0 Å². The molecule has 3 heterocycles. The number of nitrogens with zero attached hydrogens (tertiary/aromatic N) is 3. The van der Waals surface area contributed by atoms with E-state index in [2.05, 4.69) is 9.88 Å². The summed E-state index contributed by atoms with van der Waals surface area (Å²) >= 11 is 0. The minimum Gasteiger partial charge on any atom is -0.337 e. The SMILES string of the molecule is O=C(C1CC1)N1CCc2nc(C3CCCN(Cc4cc(F)ccc4F)C3)[nH]c(=O)c2C1. The number of piperidine rings is 1. The predicted octanol–water partition coefficient (Wildman–Crippen LogP) is 2.72. The number of aromatic nitrogens is 2. The molecular weight excluding hydrogens is 402 g/mol. The topological polar surface area (TPSA) is 69.3 Å². The van der Waals surface area contributed by atoms with Crippen LogP contribution < -0.4 is 5.56 Å². The lowest BCUT2D eigenvalue weighted by Gasteiger charge is -2.33. The lowest BCUT2D eigenvalue weighted by Crippen LogP contribution is -2.41. The summed E-state index contributed by atoms with van der Waals surface area (Å²) in [7, 11) is 0. The molecular formula is C23H26F2N4O2. The van der Waals surface area contributed by atoms with Gasteiger partial charge in [-0.05, 0) is 50.4 Å². The normalized spacial score (nSPS) is 21.7. The number of hydrogen-bond donors (Lipinski definition) is 1. The van der Waals surface area contributed by atoms with E-state index in [-0.39, 0.29) is 23.3 Å². The van der Waals surface area contributed by atoms with Gasteiger partial charge in [0.05, 0.1) is 17.8 Å². The maximum atomic E-state index is 14.0. The molecule has 1 amide bonds. The first-order valence-corrected chi connectivity index (χ1v) is 11.0. The third-order valence-corrected chi connectivity index (χ3v) is 6.62. The summed E-state index contributed by atoms with van der Waals surface area (Å²) < 4.78 is 27.6. The van der Waals surface area contributed by atoms with Crippen LogP contribution in [0, 0.1) is 17.6 Å². The van der Waals surface area contributed by atoms with Gasteiger partial charge in [-0.2, -0.15) is 0 Å². The van der Waals surface area contributed by atoms with Crippen molar-refractivity contribution < 1.29 is 13.6 Å². The average Bonchev–Trinajstić information content (AvgIpc) is 3.61. The van der Waals surface area contributed by atoms with Crippen LogP contribution in [0.1, 0.15) is 54.2 Å². The average molecular weight is 428 g/mol. The molecule has 0 bridgehead atoms. The Hall–Kier alpha value is -2.61. The number of aromatic amines is 1. The molecule has 2 aromatic rings. The fraction of sp³-hybridized carbons (Fsp3) is 0.522. The van der Waals surface area contributed by atoms with E-state index in [0.29, 0.717) is 49.6 Å². The van der Waals surface area contributed by atoms with Crippen LogP contribution in [-0.4, -0.2) is 45.3 Å². The molecule has 2 aliphatic heterocycles. The summed E-state index contributed by atoms with van der Waals surface area (Å²) in [5, 5.41) is 0. The van der Waals surface area contributed by atoms with E-state index in [1.165, 1.54) is 6.07 Å². The standard InChI is InChI=1S/C23H26F2N4O2/c24-17-5-6-19(25)16(10-17)12-28-8-1-2-15(11-28)21-26-20-7-9-29(23(31)14-3-4-14)13-18(20)22(30)27-21/h5-6,10,14-15H,1-4,7-9,11-13H2,(H,26,27,30). The number of rotatable bonds is 4. The molecule has 3 aliphatic rings. The van der Waals surface area contributed by atoms with Crippen LogP contribution in [0.25, 0.3) is 0 Å². The van der Waals surface area contributed by atoms with Crippen molar-refractivity contribution in [2.75, 3.05) is 19.6 Å². The van der Waals surface area contributed by atoms with Crippen molar-refractivity contribution in [3.63, 3.8) is 0 Å². The van der Waals surface area contributed by atoms with Gasteiger partial charge in [0.25, 0.3) is 5.56 Å². The molecule has 1 saturated heterocycles. The van der Waals surface area contributed by atoms with Crippen molar-refractivity contribution in [1.82, 2.24) is 19.8 Å². The Kier molecular flexibility index (Phi) is 5.33. The van der Waals surface area contributed by atoms with Gasteiger partial charge in [-0.15, -0.1) is 0 Å². The maximum Gasteiger partial charge on any atom is 0.256 e. The first-order chi connectivity index (χ1) is 15.0. The number of nitrogens with one attached hydrogen (secondary N) is 1. The number of halogens is 2. The van der Waals surface area contributed by atoms with E-state index in [1.54, 1.807) is 4.90 Å². The summed E-state index contributed by atoms with van der Waals surface area (Å²) in [6, 6.07) is 3.53. The zero-order valence-electron chi connectivity index (χ0n) is 17.4. The van der Waals surface area contributed by atoms with Gasteiger partial charge >= 0.3 is 0 Å². The zero-order valence-corrected chi connectivity index (χ0v) is 17.4. The Morgan fingerprint density at radius 1 is 1.19 bits per heavy atom. The Morgan fingerprint density at radius 3 is 2.84 bits per heavy atom. The molecule has 1 aliphatic carbocycles. The van der Waals surface area contributed by atoms with Crippen molar-refractivity contribution in [2.45, 2.75) is 51.1 Å². The summed E-state index contributed by atoms with van der Waals surface area (Å²) in [5.74, 6) is 0.143. The van der Waals surface area contributed by atoms with Crippen molar-refractivity contribution in [2.24, 2.45) is 5.92 Å². The molecule has 31 heavy (non-hydrogen) atoms. The molecule has 1 atom stereocenters. The van der Waals surface area contributed by atoms with E-state index >= 15 is 0 Å². The summed E-state index contributed by atoms with van der Waals surface area (Å²) in [6.45, 7) is 2.69. The highest BCUT2D eigenvalue weighted by Crippen LogP contribution is 2.32. The molecule has 2 fully saturated rings. The van der Waals surface area contributed by atoms with Gasteiger partial charge < -0.3 is 9.88 Å². The van der Waals surface area contributed by atoms with Crippen LogP contribution >= 0.6 is 0 Å². The molecule has 1 aromatic carbocycles. The lowest BCUT2D eigenvalue weighted by atomic mass is 9.96. The molecule has 0 radical (unpaired) electrons. The van der Waals surface area contributed by atoms with Crippen molar-refractivity contribution in [1.29, 1.82) is 0 Å². The molecule has 164 valence electrons. The summed E-state index contributed by atoms with van der Waals surface area (Å²) in [5.41, 5.74) is 1.56. The van der Waals surface area contributed by atoms with Gasteiger partial charge in [-0.3, -0.25) is 14.5 Å². The van der Waals surface area contributed by atoms with Crippen LogP contribution in [0.3, 0.4) is 0 Å². The monoisotopic (exact) mass is 428 g/mol. The van der Waals surface area contributed by atoms with E-state index in [1.807, 2.05) is 0 Å². The van der Waals surface area contributed by atoms with Gasteiger partial charge in [-0.25, -0.2) is 13.8 Å². The minimum absolute atomic E-state index is 0.0366. The third-order valence-electron chi connectivity index (χ3n) is 6.62. The van der Waals surface area contributed by atoms with Crippen LogP contribution in [0.5, 0.6) is 0 Å². The summed E-state index contributed by atoms with van der Waals surface area (Å²) in [6.07, 6.45) is 4.28. The van der Waals surface area contributed by atoms with Crippen LogP contribution in [0.4, 0.5) is 8.78 Å². The van der Waals surface area contributed by atoms with E-state index in [9.17, 15) is 18.4 Å². The van der Waals surface area contributed by atoms with Crippen molar-refractivity contribution >= 4 is 5.91 Å². The van der Waals surface area contributed by atoms with Crippen molar-refractivity contribution in [3.05, 3.63) is 62.8 Å². The second kappa shape index (κ2) is 8.15. The highest BCUT2D eigenvalue weighted by molar-refractivity contribution is 5.81.